The molecule has 6 heteroatoms. The summed E-state index contributed by atoms with van der Waals surface area (Å²) >= 11 is 1.76. The molecule has 0 radical (unpaired) electrons. The van der Waals surface area contributed by atoms with Crippen molar-refractivity contribution in [1.29, 1.82) is 0 Å². The third-order valence-electron chi connectivity index (χ3n) is 6.88. The molecule has 1 aromatic carbocycles. The average Bonchev–Trinajstić information content (AvgIpc) is 3.36. The van der Waals surface area contributed by atoms with Crippen molar-refractivity contribution in [2.24, 2.45) is 0 Å². The SMILES string of the molecule is CCCCCCCCCC(=O)N(CCC)CC(=O)N1CCc2sccc2C1c1ccc(OC)cc1. The van der Waals surface area contributed by atoms with Crippen LogP contribution in [0.3, 0.4) is 0 Å². The molecule has 3 rings (SSSR count). The molecule has 0 spiro atoms. The standard InChI is InChI=1S/C29H42N2O3S/c1-4-6-7-8-9-10-11-12-27(32)30(19-5-2)22-28(33)31-20-17-26-25(18-21-35-26)29(31)23-13-15-24(34-3)16-14-23/h13-16,18,21,29H,4-12,17,19-20,22H2,1-3H3. The lowest BCUT2D eigenvalue weighted by Gasteiger charge is -2.37. The third kappa shape index (κ3) is 7.57. The van der Waals surface area contributed by atoms with E-state index < -0.39 is 0 Å². The normalized spacial score (nSPS) is 15.1. The highest BCUT2D eigenvalue weighted by Gasteiger charge is 2.33. The molecular weight excluding hydrogens is 456 g/mol. The van der Waals surface area contributed by atoms with Crippen LogP contribution in [-0.2, 0) is 16.0 Å². The first-order valence-electron chi connectivity index (χ1n) is 13.4. The number of amides is 2. The summed E-state index contributed by atoms with van der Waals surface area (Å²) in [6.45, 7) is 5.76. The van der Waals surface area contributed by atoms with Crippen molar-refractivity contribution in [2.45, 2.75) is 84.1 Å². The van der Waals surface area contributed by atoms with Gasteiger partial charge in [-0.15, -0.1) is 11.3 Å². The molecule has 2 amide bonds. The highest BCUT2D eigenvalue weighted by Crippen LogP contribution is 2.38. The summed E-state index contributed by atoms with van der Waals surface area (Å²) in [4.78, 5) is 31.7. The van der Waals surface area contributed by atoms with Crippen LogP contribution in [-0.4, -0.2) is 48.4 Å². The lowest BCUT2D eigenvalue weighted by molar-refractivity contribution is -0.141. The van der Waals surface area contributed by atoms with Crippen LogP contribution in [0.25, 0.3) is 0 Å². The van der Waals surface area contributed by atoms with Crippen molar-refractivity contribution < 1.29 is 14.3 Å². The number of benzene rings is 1. The van der Waals surface area contributed by atoms with E-state index in [9.17, 15) is 9.59 Å². The van der Waals surface area contributed by atoms with Crippen molar-refractivity contribution in [3.8, 4) is 5.75 Å². The summed E-state index contributed by atoms with van der Waals surface area (Å²) in [5.41, 5.74) is 2.28. The van der Waals surface area contributed by atoms with E-state index >= 15 is 0 Å². The second-order valence-electron chi connectivity index (χ2n) is 9.50. The summed E-state index contributed by atoms with van der Waals surface area (Å²) in [6.07, 6.45) is 10.6. The van der Waals surface area contributed by atoms with E-state index in [-0.39, 0.29) is 24.4 Å². The van der Waals surface area contributed by atoms with Crippen LogP contribution in [0.2, 0.25) is 0 Å². The van der Waals surface area contributed by atoms with Gasteiger partial charge in [0.25, 0.3) is 0 Å². The van der Waals surface area contributed by atoms with E-state index in [0.29, 0.717) is 19.5 Å². The summed E-state index contributed by atoms with van der Waals surface area (Å²) < 4.78 is 5.33. The van der Waals surface area contributed by atoms with Crippen LogP contribution in [0.15, 0.2) is 35.7 Å². The predicted molar refractivity (Wildman–Crippen MR) is 144 cm³/mol. The van der Waals surface area contributed by atoms with Gasteiger partial charge in [0.05, 0.1) is 19.7 Å². The van der Waals surface area contributed by atoms with Crippen LogP contribution in [0.4, 0.5) is 0 Å². The molecule has 192 valence electrons. The minimum absolute atomic E-state index is 0.0315. The monoisotopic (exact) mass is 498 g/mol. The molecule has 0 aliphatic carbocycles. The Morgan fingerprint density at radius 2 is 1.71 bits per heavy atom. The van der Waals surface area contributed by atoms with E-state index in [2.05, 4.69) is 25.3 Å². The number of nitrogens with zero attached hydrogens (tertiary/aromatic N) is 2. The minimum Gasteiger partial charge on any atom is -0.497 e. The van der Waals surface area contributed by atoms with Crippen molar-refractivity contribution in [2.75, 3.05) is 26.7 Å². The van der Waals surface area contributed by atoms with E-state index in [1.165, 1.54) is 42.5 Å². The van der Waals surface area contributed by atoms with Gasteiger partial charge >= 0.3 is 0 Å². The molecule has 0 bridgehead atoms. The van der Waals surface area contributed by atoms with Crippen LogP contribution in [0, 0.1) is 0 Å². The highest BCUT2D eigenvalue weighted by atomic mass is 32.1. The third-order valence-corrected chi connectivity index (χ3v) is 7.88. The molecule has 1 aliphatic heterocycles. The Labute approximate surface area is 215 Å². The van der Waals surface area contributed by atoms with Crippen LogP contribution < -0.4 is 4.74 Å². The number of carbonyl (C=O) groups excluding carboxylic acids is 2. The van der Waals surface area contributed by atoms with Crippen molar-refractivity contribution >= 4 is 23.2 Å². The number of unbranched alkanes of at least 4 members (excludes halogenated alkanes) is 6. The zero-order valence-electron chi connectivity index (χ0n) is 21.8. The van der Waals surface area contributed by atoms with Gasteiger partial charge in [0.1, 0.15) is 5.75 Å². The minimum atomic E-state index is -0.120. The maximum Gasteiger partial charge on any atom is 0.242 e. The fraction of sp³-hybridized carbons (Fsp3) is 0.586. The summed E-state index contributed by atoms with van der Waals surface area (Å²) in [5.74, 6) is 0.949. The van der Waals surface area contributed by atoms with Gasteiger partial charge in [-0.05, 0) is 54.0 Å². The zero-order valence-corrected chi connectivity index (χ0v) is 22.6. The number of rotatable bonds is 14. The Kier molecular flexibility index (Phi) is 11.1. The second kappa shape index (κ2) is 14.3. The number of hydrogen-bond donors (Lipinski definition) is 0. The average molecular weight is 499 g/mol. The van der Waals surface area contributed by atoms with E-state index in [4.69, 9.17) is 4.74 Å². The van der Waals surface area contributed by atoms with Gasteiger partial charge in [0.15, 0.2) is 0 Å². The topological polar surface area (TPSA) is 49.9 Å². The van der Waals surface area contributed by atoms with Crippen molar-refractivity contribution in [3.05, 3.63) is 51.7 Å². The largest absolute Gasteiger partial charge is 0.497 e. The smallest absolute Gasteiger partial charge is 0.242 e. The van der Waals surface area contributed by atoms with Gasteiger partial charge in [-0.2, -0.15) is 0 Å². The van der Waals surface area contributed by atoms with Gasteiger partial charge in [-0.25, -0.2) is 0 Å². The van der Waals surface area contributed by atoms with E-state index in [1.54, 1.807) is 23.3 Å². The number of thiophene rings is 1. The quantitative estimate of drug-likeness (QED) is 0.275. The molecule has 1 atom stereocenters. The molecule has 1 unspecified atom stereocenters. The number of ether oxygens (including phenoxy) is 1. The first-order chi connectivity index (χ1) is 17.1. The Morgan fingerprint density at radius 1 is 1.00 bits per heavy atom. The molecule has 2 heterocycles. The molecule has 1 aliphatic rings. The molecule has 0 fully saturated rings. The van der Waals surface area contributed by atoms with E-state index in [0.717, 1.165) is 37.0 Å². The number of fused-ring (bicyclic) bond motifs is 1. The summed E-state index contributed by atoms with van der Waals surface area (Å²) in [6, 6.07) is 10.0. The lowest BCUT2D eigenvalue weighted by Crippen LogP contribution is -2.47. The van der Waals surface area contributed by atoms with Gasteiger partial charge in [0.2, 0.25) is 11.8 Å². The van der Waals surface area contributed by atoms with Crippen molar-refractivity contribution in [3.63, 3.8) is 0 Å². The van der Waals surface area contributed by atoms with Gasteiger partial charge in [-0.1, -0.05) is 64.5 Å². The highest BCUT2D eigenvalue weighted by molar-refractivity contribution is 7.10. The lowest BCUT2D eigenvalue weighted by atomic mass is 9.93. The van der Waals surface area contributed by atoms with Gasteiger partial charge in [0, 0.05) is 24.4 Å². The molecule has 0 saturated heterocycles. The Balaban J connectivity index is 1.65. The van der Waals surface area contributed by atoms with Crippen LogP contribution >= 0.6 is 11.3 Å². The first kappa shape index (κ1) is 27.3. The molecule has 0 saturated carbocycles. The van der Waals surface area contributed by atoms with Gasteiger partial charge < -0.3 is 14.5 Å². The molecular formula is C29H42N2O3S. The molecule has 2 aromatic rings. The molecule has 0 N–H and O–H groups in total. The molecule has 5 nitrogen and oxygen atoms in total. The fourth-order valence-electron chi connectivity index (χ4n) is 4.94. The molecule has 1 aromatic heterocycles. The van der Waals surface area contributed by atoms with Crippen molar-refractivity contribution in [1.82, 2.24) is 9.80 Å². The Bertz CT molecular complexity index is 924. The number of carbonyl (C=O) groups is 2. The fourth-order valence-corrected chi connectivity index (χ4v) is 5.84. The maximum absolute atomic E-state index is 13.6. The number of methoxy groups -OCH3 is 1. The maximum atomic E-state index is 13.6. The zero-order chi connectivity index (χ0) is 25.0. The second-order valence-corrected chi connectivity index (χ2v) is 10.5. The Hall–Kier alpha value is -2.34. The predicted octanol–water partition coefficient (Wildman–Crippen LogP) is 6.61. The first-order valence-corrected chi connectivity index (χ1v) is 14.2. The summed E-state index contributed by atoms with van der Waals surface area (Å²) in [5, 5.41) is 2.12. The Morgan fingerprint density at radius 3 is 2.40 bits per heavy atom. The van der Waals surface area contributed by atoms with Gasteiger partial charge in [-0.3, -0.25) is 9.59 Å². The van der Waals surface area contributed by atoms with Crippen LogP contribution in [0.1, 0.15) is 93.7 Å². The van der Waals surface area contributed by atoms with E-state index in [1.807, 2.05) is 29.2 Å². The molecule has 35 heavy (non-hydrogen) atoms. The summed E-state index contributed by atoms with van der Waals surface area (Å²) in [7, 11) is 1.66. The van der Waals surface area contributed by atoms with Crippen LogP contribution in [0.5, 0.6) is 5.75 Å². The number of hydrogen-bond acceptors (Lipinski definition) is 4.